The van der Waals surface area contributed by atoms with Gasteiger partial charge in [-0.2, -0.15) is 11.3 Å². The number of thiophene rings is 1. The van der Waals surface area contributed by atoms with Crippen LogP contribution in [0.5, 0.6) is 0 Å². The second-order valence-electron chi connectivity index (χ2n) is 3.89. The molecule has 0 aliphatic rings. The van der Waals surface area contributed by atoms with Crippen molar-refractivity contribution in [3.63, 3.8) is 0 Å². The Morgan fingerprint density at radius 1 is 1.35 bits per heavy atom. The summed E-state index contributed by atoms with van der Waals surface area (Å²) in [7, 11) is 1.99. The van der Waals surface area contributed by atoms with Crippen molar-refractivity contribution in [2.75, 3.05) is 11.9 Å². The van der Waals surface area contributed by atoms with Gasteiger partial charge in [0, 0.05) is 25.2 Å². The molecule has 0 saturated carbocycles. The average molecular weight is 270 g/mol. The lowest BCUT2D eigenvalue weighted by Gasteiger charge is -2.21. The summed E-state index contributed by atoms with van der Waals surface area (Å²) in [5.41, 5.74) is 3.05. The third kappa shape index (κ3) is 2.99. The maximum atomic E-state index is 13.1. The molecule has 1 heterocycles. The molecule has 0 aliphatic carbocycles. The fourth-order valence-corrected chi connectivity index (χ4v) is 2.65. The fourth-order valence-electron chi connectivity index (χ4n) is 1.78. The second kappa shape index (κ2) is 5.52. The van der Waals surface area contributed by atoms with Gasteiger partial charge in [-0.1, -0.05) is 0 Å². The third-order valence-electron chi connectivity index (χ3n) is 2.60. The van der Waals surface area contributed by atoms with Crippen molar-refractivity contribution >= 4 is 28.6 Å². The van der Waals surface area contributed by atoms with Crippen LogP contribution >= 0.6 is 22.9 Å². The van der Waals surface area contributed by atoms with Crippen LogP contribution in [-0.2, 0) is 12.4 Å². The Kier molecular flexibility index (Phi) is 4.02. The van der Waals surface area contributed by atoms with Gasteiger partial charge in [0.2, 0.25) is 0 Å². The lowest BCUT2D eigenvalue weighted by atomic mass is 10.1. The first-order chi connectivity index (χ1) is 8.20. The SMILES string of the molecule is CN(Cc1ccsc1)c1ccc(F)cc1CCl. The quantitative estimate of drug-likeness (QED) is 0.750. The molecule has 0 unspecified atom stereocenters. The highest BCUT2D eigenvalue weighted by Crippen LogP contribution is 2.24. The summed E-state index contributed by atoms with van der Waals surface area (Å²) in [5, 5.41) is 4.16. The van der Waals surface area contributed by atoms with Crippen molar-refractivity contribution in [2.45, 2.75) is 12.4 Å². The van der Waals surface area contributed by atoms with E-state index in [2.05, 4.69) is 21.7 Å². The molecule has 0 N–H and O–H groups in total. The number of hydrogen-bond donors (Lipinski definition) is 0. The van der Waals surface area contributed by atoms with E-state index in [4.69, 9.17) is 11.6 Å². The average Bonchev–Trinajstić information content (AvgIpc) is 2.81. The molecule has 0 spiro atoms. The smallest absolute Gasteiger partial charge is 0.123 e. The molecular weight excluding hydrogens is 257 g/mol. The molecule has 0 bridgehead atoms. The highest BCUT2D eigenvalue weighted by Gasteiger charge is 2.08. The summed E-state index contributed by atoms with van der Waals surface area (Å²) in [6.45, 7) is 0.805. The number of alkyl halides is 1. The van der Waals surface area contributed by atoms with Crippen LogP contribution in [0.1, 0.15) is 11.1 Å². The van der Waals surface area contributed by atoms with E-state index in [1.165, 1.54) is 17.7 Å². The molecule has 2 rings (SSSR count). The van der Waals surface area contributed by atoms with Gasteiger partial charge in [-0.15, -0.1) is 11.6 Å². The molecular formula is C13H13ClFNS. The Hall–Kier alpha value is -1.06. The van der Waals surface area contributed by atoms with Crippen molar-refractivity contribution in [1.29, 1.82) is 0 Å². The van der Waals surface area contributed by atoms with Gasteiger partial charge >= 0.3 is 0 Å². The topological polar surface area (TPSA) is 3.24 Å². The van der Waals surface area contributed by atoms with E-state index in [-0.39, 0.29) is 5.82 Å². The van der Waals surface area contributed by atoms with Gasteiger partial charge < -0.3 is 4.90 Å². The minimum atomic E-state index is -0.242. The second-order valence-corrected chi connectivity index (χ2v) is 4.94. The predicted octanol–water partition coefficient (Wildman–Crippen LogP) is 4.26. The maximum absolute atomic E-state index is 13.1. The molecule has 0 saturated heterocycles. The van der Waals surface area contributed by atoms with Crippen molar-refractivity contribution in [1.82, 2.24) is 0 Å². The van der Waals surface area contributed by atoms with E-state index in [1.54, 1.807) is 17.4 Å². The summed E-state index contributed by atoms with van der Waals surface area (Å²) in [4.78, 5) is 2.08. The van der Waals surface area contributed by atoms with Gasteiger partial charge in [0.05, 0.1) is 0 Å². The predicted molar refractivity (Wildman–Crippen MR) is 72.4 cm³/mol. The molecule has 4 heteroatoms. The molecule has 0 aliphatic heterocycles. The number of benzene rings is 1. The first kappa shape index (κ1) is 12.4. The van der Waals surface area contributed by atoms with Crippen LogP contribution in [0.4, 0.5) is 10.1 Å². The zero-order valence-electron chi connectivity index (χ0n) is 9.49. The van der Waals surface area contributed by atoms with E-state index in [0.29, 0.717) is 5.88 Å². The largest absolute Gasteiger partial charge is 0.370 e. The van der Waals surface area contributed by atoms with Crippen molar-refractivity contribution in [3.8, 4) is 0 Å². The van der Waals surface area contributed by atoms with Gasteiger partial charge in [-0.05, 0) is 46.2 Å². The molecule has 2 aromatic rings. The summed E-state index contributed by atoms with van der Waals surface area (Å²) in [6.07, 6.45) is 0. The van der Waals surface area contributed by atoms with Gasteiger partial charge in [-0.25, -0.2) is 4.39 Å². The molecule has 90 valence electrons. The van der Waals surface area contributed by atoms with Crippen molar-refractivity contribution in [3.05, 3.63) is 52.0 Å². The maximum Gasteiger partial charge on any atom is 0.123 e. The summed E-state index contributed by atoms with van der Waals surface area (Å²) in [5.74, 6) is 0.0782. The summed E-state index contributed by atoms with van der Waals surface area (Å²) < 4.78 is 13.1. The van der Waals surface area contributed by atoms with Crippen molar-refractivity contribution in [2.24, 2.45) is 0 Å². The zero-order valence-corrected chi connectivity index (χ0v) is 11.1. The Balaban J connectivity index is 2.21. The fraction of sp³-hybridized carbons (Fsp3) is 0.231. The number of halogens is 2. The Morgan fingerprint density at radius 2 is 2.18 bits per heavy atom. The van der Waals surface area contributed by atoms with Crippen LogP contribution in [0.25, 0.3) is 0 Å². The molecule has 17 heavy (non-hydrogen) atoms. The lowest BCUT2D eigenvalue weighted by molar-refractivity contribution is 0.626. The number of rotatable bonds is 4. The minimum absolute atomic E-state index is 0.242. The molecule has 0 fully saturated rings. The zero-order chi connectivity index (χ0) is 12.3. The highest BCUT2D eigenvalue weighted by molar-refractivity contribution is 7.07. The third-order valence-corrected chi connectivity index (χ3v) is 3.62. The first-order valence-corrected chi connectivity index (χ1v) is 6.75. The van der Waals surface area contributed by atoms with Crippen molar-refractivity contribution < 1.29 is 4.39 Å². The Morgan fingerprint density at radius 3 is 2.82 bits per heavy atom. The number of anilines is 1. The molecule has 1 aromatic heterocycles. The Bertz CT molecular complexity index is 484. The summed E-state index contributed by atoms with van der Waals surface area (Å²) in [6, 6.07) is 6.83. The summed E-state index contributed by atoms with van der Waals surface area (Å²) >= 11 is 7.52. The van der Waals surface area contributed by atoms with Gasteiger partial charge in [0.15, 0.2) is 0 Å². The molecule has 1 aromatic carbocycles. The van der Waals surface area contributed by atoms with Gasteiger partial charge in [-0.3, -0.25) is 0 Å². The van der Waals surface area contributed by atoms with Crippen LogP contribution in [0.15, 0.2) is 35.0 Å². The van der Waals surface area contributed by atoms with Gasteiger partial charge in [0.1, 0.15) is 5.82 Å². The van der Waals surface area contributed by atoms with Gasteiger partial charge in [0.25, 0.3) is 0 Å². The van der Waals surface area contributed by atoms with E-state index >= 15 is 0 Å². The van der Waals surface area contributed by atoms with E-state index in [1.807, 2.05) is 7.05 Å². The van der Waals surface area contributed by atoms with Crippen LogP contribution < -0.4 is 4.90 Å². The van der Waals surface area contributed by atoms with Crippen LogP contribution in [-0.4, -0.2) is 7.05 Å². The first-order valence-electron chi connectivity index (χ1n) is 5.27. The van der Waals surface area contributed by atoms with Crippen LogP contribution in [0.3, 0.4) is 0 Å². The molecule has 1 nitrogen and oxygen atoms in total. The highest BCUT2D eigenvalue weighted by atomic mass is 35.5. The molecule has 0 atom stereocenters. The molecule has 0 amide bonds. The lowest BCUT2D eigenvalue weighted by Crippen LogP contribution is -2.17. The minimum Gasteiger partial charge on any atom is -0.370 e. The van der Waals surface area contributed by atoms with Crippen LogP contribution in [0.2, 0.25) is 0 Å². The monoisotopic (exact) mass is 269 g/mol. The van der Waals surface area contributed by atoms with Crippen LogP contribution in [0, 0.1) is 5.82 Å². The Labute approximate surface area is 109 Å². The van der Waals surface area contributed by atoms with E-state index in [9.17, 15) is 4.39 Å². The normalized spacial score (nSPS) is 10.5. The van der Waals surface area contributed by atoms with E-state index < -0.39 is 0 Å². The molecule has 0 radical (unpaired) electrons. The number of hydrogen-bond acceptors (Lipinski definition) is 2. The van der Waals surface area contributed by atoms with E-state index in [0.717, 1.165) is 17.8 Å². The standard InChI is InChI=1S/C13H13ClFNS/c1-16(8-10-4-5-17-9-10)13-3-2-12(15)6-11(13)7-14/h2-6,9H,7-8H2,1H3. The number of nitrogens with zero attached hydrogens (tertiary/aromatic N) is 1.